The summed E-state index contributed by atoms with van der Waals surface area (Å²) in [6, 6.07) is 15.3. The number of amides is 2. The highest BCUT2D eigenvalue weighted by Crippen LogP contribution is 2.26. The van der Waals surface area contributed by atoms with Gasteiger partial charge in [0, 0.05) is 29.2 Å². The second kappa shape index (κ2) is 8.14. The van der Waals surface area contributed by atoms with E-state index in [1.165, 1.54) is 23.8 Å². The summed E-state index contributed by atoms with van der Waals surface area (Å²) in [6.45, 7) is 5.75. The minimum Gasteiger partial charge on any atom is -0.326 e. The Morgan fingerprint density at radius 1 is 1.00 bits per heavy atom. The van der Waals surface area contributed by atoms with Crippen LogP contribution in [-0.2, 0) is 4.79 Å². The molecule has 2 N–H and O–H groups in total. The van der Waals surface area contributed by atoms with Crippen LogP contribution in [0.3, 0.4) is 0 Å². The fourth-order valence-corrected chi connectivity index (χ4v) is 3.40. The molecule has 138 valence electrons. The van der Waals surface area contributed by atoms with Crippen LogP contribution in [-0.4, -0.2) is 16.8 Å². The molecule has 1 heterocycles. The zero-order valence-corrected chi connectivity index (χ0v) is 16.3. The van der Waals surface area contributed by atoms with Crippen molar-refractivity contribution in [1.82, 2.24) is 4.98 Å². The molecule has 0 bridgehead atoms. The molecular weight excluding hydrogens is 358 g/mol. The third-order valence-corrected chi connectivity index (χ3v) is 4.89. The van der Waals surface area contributed by atoms with Gasteiger partial charge in [0.25, 0.3) is 5.91 Å². The van der Waals surface area contributed by atoms with Crippen molar-refractivity contribution in [3.8, 4) is 10.6 Å². The van der Waals surface area contributed by atoms with Crippen LogP contribution in [0.5, 0.6) is 0 Å². The van der Waals surface area contributed by atoms with Crippen LogP contribution in [0.1, 0.15) is 42.7 Å². The van der Waals surface area contributed by atoms with Crippen LogP contribution < -0.4 is 10.6 Å². The molecule has 0 saturated carbocycles. The van der Waals surface area contributed by atoms with Gasteiger partial charge in [-0.15, -0.1) is 11.3 Å². The minimum atomic E-state index is -0.281. The van der Waals surface area contributed by atoms with Crippen LogP contribution in [0.2, 0.25) is 0 Å². The van der Waals surface area contributed by atoms with E-state index in [-0.39, 0.29) is 11.8 Å². The summed E-state index contributed by atoms with van der Waals surface area (Å²) < 4.78 is 0. The van der Waals surface area contributed by atoms with Crippen molar-refractivity contribution >= 4 is 34.5 Å². The average Bonchev–Trinajstić information content (AvgIpc) is 3.12. The first-order valence-corrected chi connectivity index (χ1v) is 9.55. The van der Waals surface area contributed by atoms with Gasteiger partial charge in [-0.25, -0.2) is 4.98 Å². The first-order valence-electron chi connectivity index (χ1n) is 8.67. The largest absolute Gasteiger partial charge is 0.326 e. The highest BCUT2D eigenvalue weighted by molar-refractivity contribution is 7.13. The molecule has 2 aromatic carbocycles. The molecule has 0 radical (unpaired) electrons. The van der Waals surface area contributed by atoms with E-state index in [1.807, 2.05) is 12.1 Å². The number of benzene rings is 2. The molecule has 5 nitrogen and oxygen atoms in total. The number of hydrogen-bond acceptors (Lipinski definition) is 4. The van der Waals surface area contributed by atoms with Crippen LogP contribution in [0.25, 0.3) is 10.6 Å². The number of rotatable bonds is 5. The van der Waals surface area contributed by atoms with Crippen molar-refractivity contribution < 1.29 is 9.59 Å². The van der Waals surface area contributed by atoms with Crippen molar-refractivity contribution in [2.24, 2.45) is 0 Å². The standard InChI is InChI=1S/C21H21N3O2S/c1-13(2)15-7-9-16(10-8-15)21-24-19(12-27-21)20(26)23-18-6-4-5-17(11-18)22-14(3)25/h4-13H,1-3H3,(H,22,25)(H,23,26). The minimum absolute atomic E-state index is 0.161. The molecule has 2 amide bonds. The molecule has 0 aliphatic carbocycles. The lowest BCUT2D eigenvalue weighted by Gasteiger charge is -2.07. The number of hydrogen-bond donors (Lipinski definition) is 2. The molecule has 0 fully saturated rings. The molecule has 0 atom stereocenters. The Morgan fingerprint density at radius 2 is 1.67 bits per heavy atom. The second-order valence-electron chi connectivity index (χ2n) is 6.53. The number of carbonyl (C=O) groups is 2. The summed E-state index contributed by atoms with van der Waals surface area (Å²) in [5, 5.41) is 8.06. The Hall–Kier alpha value is -2.99. The summed E-state index contributed by atoms with van der Waals surface area (Å²) in [5.74, 6) is 0.0346. The van der Waals surface area contributed by atoms with Crippen molar-refractivity contribution in [3.05, 3.63) is 65.2 Å². The fraction of sp³-hybridized carbons (Fsp3) is 0.190. The number of thiazole rings is 1. The van der Waals surface area contributed by atoms with Gasteiger partial charge in [0.15, 0.2) is 0 Å². The lowest BCUT2D eigenvalue weighted by atomic mass is 10.0. The molecule has 3 aromatic rings. The van der Waals surface area contributed by atoms with Crippen molar-refractivity contribution in [2.45, 2.75) is 26.7 Å². The smallest absolute Gasteiger partial charge is 0.275 e. The van der Waals surface area contributed by atoms with E-state index in [0.717, 1.165) is 10.6 Å². The molecule has 0 saturated heterocycles. The van der Waals surface area contributed by atoms with Gasteiger partial charge >= 0.3 is 0 Å². The van der Waals surface area contributed by atoms with Crippen LogP contribution >= 0.6 is 11.3 Å². The average molecular weight is 379 g/mol. The Balaban J connectivity index is 1.72. The molecule has 1 aromatic heterocycles. The lowest BCUT2D eigenvalue weighted by molar-refractivity contribution is -0.114. The van der Waals surface area contributed by atoms with Crippen molar-refractivity contribution in [3.63, 3.8) is 0 Å². The quantitative estimate of drug-likeness (QED) is 0.644. The summed E-state index contributed by atoms with van der Waals surface area (Å²) in [5.41, 5.74) is 3.86. The van der Waals surface area contributed by atoms with Gasteiger partial charge in [-0.1, -0.05) is 44.2 Å². The zero-order valence-electron chi connectivity index (χ0n) is 15.4. The SMILES string of the molecule is CC(=O)Nc1cccc(NC(=O)c2csc(-c3ccc(C(C)C)cc3)n2)c1. The molecule has 0 aliphatic rings. The topological polar surface area (TPSA) is 71.1 Å². The van der Waals surface area contributed by atoms with Crippen molar-refractivity contribution in [2.75, 3.05) is 10.6 Å². The number of nitrogens with zero attached hydrogens (tertiary/aromatic N) is 1. The van der Waals surface area contributed by atoms with Gasteiger partial charge in [-0.3, -0.25) is 9.59 Å². The summed E-state index contributed by atoms with van der Waals surface area (Å²) in [6.07, 6.45) is 0. The van der Waals surface area contributed by atoms with Crippen LogP contribution in [0.4, 0.5) is 11.4 Å². The summed E-state index contributed by atoms with van der Waals surface area (Å²) in [7, 11) is 0. The Bertz CT molecular complexity index is 962. The van der Waals surface area contributed by atoms with Gasteiger partial charge in [0.2, 0.25) is 5.91 Å². The normalized spacial score (nSPS) is 10.7. The predicted molar refractivity (Wildman–Crippen MR) is 110 cm³/mol. The Morgan fingerprint density at radius 3 is 2.30 bits per heavy atom. The van der Waals surface area contributed by atoms with Gasteiger partial charge in [-0.05, 0) is 29.7 Å². The van der Waals surface area contributed by atoms with E-state index < -0.39 is 0 Å². The van der Waals surface area contributed by atoms with Crippen molar-refractivity contribution in [1.29, 1.82) is 0 Å². The van der Waals surface area contributed by atoms with Gasteiger partial charge < -0.3 is 10.6 Å². The van der Waals surface area contributed by atoms with E-state index in [2.05, 4.69) is 41.6 Å². The molecule has 27 heavy (non-hydrogen) atoms. The van der Waals surface area contributed by atoms with Gasteiger partial charge in [-0.2, -0.15) is 0 Å². The van der Waals surface area contributed by atoms with Crippen LogP contribution in [0.15, 0.2) is 53.9 Å². The van der Waals surface area contributed by atoms with E-state index >= 15 is 0 Å². The van der Waals surface area contributed by atoms with E-state index in [9.17, 15) is 9.59 Å². The lowest BCUT2D eigenvalue weighted by Crippen LogP contribution is -2.13. The third-order valence-electron chi connectivity index (χ3n) is 4.00. The Labute approximate surface area is 162 Å². The monoisotopic (exact) mass is 379 g/mol. The van der Waals surface area contributed by atoms with Gasteiger partial charge in [0.05, 0.1) is 0 Å². The molecule has 0 spiro atoms. The molecular formula is C21H21N3O2S. The predicted octanol–water partition coefficient (Wildman–Crippen LogP) is 5.14. The fourth-order valence-electron chi connectivity index (χ4n) is 2.59. The third kappa shape index (κ3) is 4.80. The number of carbonyl (C=O) groups excluding carboxylic acids is 2. The maximum absolute atomic E-state index is 12.5. The molecule has 0 unspecified atom stereocenters. The zero-order chi connectivity index (χ0) is 19.4. The Kier molecular flexibility index (Phi) is 5.66. The van der Waals surface area contributed by atoms with Gasteiger partial charge in [0.1, 0.15) is 10.7 Å². The maximum Gasteiger partial charge on any atom is 0.275 e. The van der Waals surface area contributed by atoms with Crippen LogP contribution in [0, 0.1) is 0 Å². The van der Waals surface area contributed by atoms with E-state index in [4.69, 9.17) is 0 Å². The van der Waals surface area contributed by atoms with E-state index in [1.54, 1.807) is 29.6 Å². The van der Waals surface area contributed by atoms with E-state index in [0.29, 0.717) is 23.0 Å². The summed E-state index contributed by atoms with van der Waals surface area (Å²) in [4.78, 5) is 28.1. The molecule has 6 heteroatoms. The molecule has 0 aliphatic heterocycles. The number of anilines is 2. The number of aromatic nitrogens is 1. The highest BCUT2D eigenvalue weighted by Gasteiger charge is 2.13. The second-order valence-corrected chi connectivity index (χ2v) is 7.39. The first-order chi connectivity index (χ1) is 12.9. The highest BCUT2D eigenvalue weighted by atomic mass is 32.1. The first kappa shape index (κ1) is 18.8. The summed E-state index contributed by atoms with van der Waals surface area (Å²) >= 11 is 1.44. The number of nitrogens with one attached hydrogen (secondary N) is 2. The molecule has 3 rings (SSSR count). The maximum atomic E-state index is 12.5.